The summed E-state index contributed by atoms with van der Waals surface area (Å²) < 4.78 is 6.65. The first-order chi connectivity index (χ1) is 14.4. The molecule has 0 bridgehead atoms. The molecule has 2 N–H and O–H groups in total. The second kappa shape index (κ2) is 8.80. The Bertz CT molecular complexity index is 1070. The zero-order chi connectivity index (χ0) is 21.1. The zero-order valence-corrected chi connectivity index (χ0v) is 17.9. The van der Waals surface area contributed by atoms with Crippen LogP contribution in [-0.4, -0.2) is 54.0 Å². The molecule has 1 saturated heterocycles. The number of quaternary nitrogens is 1. The number of H-pyrrole nitrogens is 1. The second-order valence-corrected chi connectivity index (χ2v) is 9.05. The molecule has 0 aliphatic carbocycles. The minimum absolute atomic E-state index is 0.140. The Morgan fingerprint density at radius 2 is 1.93 bits per heavy atom. The number of likely N-dealkylation sites (N-methyl/N-ethyl adjacent to an activating group) is 1. The molecule has 5 nitrogen and oxygen atoms in total. The molecule has 3 aromatic rings. The van der Waals surface area contributed by atoms with E-state index >= 15 is 0 Å². The van der Waals surface area contributed by atoms with Gasteiger partial charge in [0.05, 0.1) is 25.7 Å². The van der Waals surface area contributed by atoms with Gasteiger partial charge in [-0.2, -0.15) is 0 Å². The van der Waals surface area contributed by atoms with Crippen LogP contribution >= 0.6 is 11.6 Å². The fourth-order valence-electron chi connectivity index (χ4n) is 4.44. The van der Waals surface area contributed by atoms with Crippen LogP contribution in [0.25, 0.3) is 10.9 Å². The van der Waals surface area contributed by atoms with Gasteiger partial charge in [0.1, 0.15) is 25.0 Å². The molecule has 30 heavy (non-hydrogen) atoms. The summed E-state index contributed by atoms with van der Waals surface area (Å²) in [6, 6.07) is 17.0. The maximum Gasteiger partial charge on any atom is 0.248 e. The van der Waals surface area contributed by atoms with Crippen LogP contribution in [0.4, 0.5) is 0 Å². The van der Waals surface area contributed by atoms with Gasteiger partial charge in [-0.1, -0.05) is 23.7 Å². The summed E-state index contributed by atoms with van der Waals surface area (Å²) in [6.45, 7) is 2.93. The molecule has 1 aromatic heterocycles. The lowest BCUT2D eigenvalue weighted by Crippen LogP contribution is -2.54. The first-order valence-corrected chi connectivity index (χ1v) is 10.8. The number of likely N-dealkylation sites (tertiary alicyclic amines) is 1. The van der Waals surface area contributed by atoms with Crippen molar-refractivity contribution in [1.29, 1.82) is 0 Å². The molecule has 1 fully saturated rings. The fraction of sp³-hybridized carbons (Fsp3) is 0.375. The van der Waals surface area contributed by atoms with Gasteiger partial charge in [-0.25, -0.2) is 0 Å². The van der Waals surface area contributed by atoms with Crippen LogP contribution in [0.1, 0.15) is 24.3 Å². The number of piperidine rings is 1. The van der Waals surface area contributed by atoms with Gasteiger partial charge in [-0.15, -0.1) is 0 Å². The molecule has 158 valence electrons. The van der Waals surface area contributed by atoms with Gasteiger partial charge in [-0.3, -0.25) is 4.79 Å². The molecule has 1 aliphatic heterocycles. The number of pyridine rings is 1. The van der Waals surface area contributed by atoms with Crippen LogP contribution in [0.5, 0.6) is 5.75 Å². The molecule has 6 heteroatoms. The highest BCUT2D eigenvalue weighted by Gasteiger charge is 2.32. The number of hydrogen-bond acceptors (Lipinski definition) is 3. The standard InChI is InChI=1S/C24H27ClN2O3/c1-27(11-9-17(10-12-27)19-3-2-4-20(25)13-19)15-21(28)16-30-22-7-5-18-6-8-24(29)26-23(18)14-22/h2-8,13-14,17,21,28H,9-12,15-16H2,1H3/p+1. The highest BCUT2D eigenvalue weighted by atomic mass is 35.5. The Morgan fingerprint density at radius 3 is 2.70 bits per heavy atom. The number of halogens is 1. The van der Waals surface area contributed by atoms with E-state index in [1.54, 1.807) is 12.1 Å². The maximum atomic E-state index is 11.5. The third kappa shape index (κ3) is 5.04. The van der Waals surface area contributed by atoms with Gasteiger partial charge in [0.25, 0.3) is 0 Å². The summed E-state index contributed by atoms with van der Waals surface area (Å²) >= 11 is 6.15. The summed E-state index contributed by atoms with van der Waals surface area (Å²) in [6.07, 6.45) is 1.62. The van der Waals surface area contributed by atoms with Gasteiger partial charge >= 0.3 is 0 Å². The van der Waals surface area contributed by atoms with E-state index in [-0.39, 0.29) is 12.2 Å². The largest absolute Gasteiger partial charge is 0.491 e. The average molecular weight is 428 g/mol. The summed E-state index contributed by atoms with van der Waals surface area (Å²) in [5.74, 6) is 1.17. The van der Waals surface area contributed by atoms with Gasteiger partial charge in [-0.05, 0) is 47.2 Å². The Balaban J connectivity index is 1.30. The summed E-state index contributed by atoms with van der Waals surface area (Å²) in [5.41, 5.74) is 1.90. The van der Waals surface area contributed by atoms with Crippen molar-refractivity contribution in [3.8, 4) is 5.75 Å². The van der Waals surface area contributed by atoms with E-state index in [1.807, 2.05) is 24.3 Å². The van der Waals surface area contributed by atoms with E-state index in [0.717, 1.165) is 46.3 Å². The fourth-order valence-corrected chi connectivity index (χ4v) is 4.64. The third-order valence-corrected chi connectivity index (χ3v) is 6.38. The van der Waals surface area contributed by atoms with Crippen molar-refractivity contribution in [2.75, 3.05) is 33.3 Å². The van der Waals surface area contributed by atoms with E-state index in [0.29, 0.717) is 18.2 Å². The van der Waals surface area contributed by atoms with E-state index in [9.17, 15) is 9.90 Å². The average Bonchev–Trinajstić information content (AvgIpc) is 2.72. The highest BCUT2D eigenvalue weighted by molar-refractivity contribution is 6.30. The summed E-state index contributed by atoms with van der Waals surface area (Å²) in [4.78, 5) is 14.3. The number of nitrogens with zero attached hydrogens (tertiary/aromatic N) is 1. The Morgan fingerprint density at radius 1 is 1.17 bits per heavy atom. The predicted molar refractivity (Wildman–Crippen MR) is 120 cm³/mol. The number of aromatic nitrogens is 1. The SMILES string of the molecule is C[N+]1(CC(O)COc2ccc3ccc(=O)[nH]c3c2)CCC(c2cccc(Cl)c2)CC1. The molecule has 1 aliphatic rings. The van der Waals surface area contributed by atoms with Gasteiger partial charge in [0.2, 0.25) is 5.56 Å². The molecular formula is C24H28ClN2O3+. The lowest BCUT2D eigenvalue weighted by molar-refractivity contribution is -0.917. The van der Waals surface area contributed by atoms with Crippen LogP contribution in [-0.2, 0) is 0 Å². The number of aliphatic hydroxyl groups is 1. The number of fused-ring (bicyclic) bond motifs is 1. The van der Waals surface area contributed by atoms with E-state index in [1.165, 1.54) is 11.6 Å². The molecule has 4 rings (SSSR count). The second-order valence-electron chi connectivity index (χ2n) is 8.62. The number of benzene rings is 2. The van der Waals surface area contributed by atoms with Gasteiger partial charge < -0.3 is 19.3 Å². The molecular weight excluding hydrogens is 400 g/mol. The molecule has 0 spiro atoms. The smallest absolute Gasteiger partial charge is 0.248 e. The molecule has 2 heterocycles. The van der Waals surface area contributed by atoms with Crippen molar-refractivity contribution in [1.82, 2.24) is 4.98 Å². The number of nitrogens with one attached hydrogen (secondary N) is 1. The summed E-state index contributed by atoms with van der Waals surface area (Å²) in [7, 11) is 2.21. The topological polar surface area (TPSA) is 62.3 Å². The van der Waals surface area contributed by atoms with Crippen LogP contribution in [0, 0.1) is 0 Å². The normalized spacial score (nSPS) is 22.7. The Hall–Kier alpha value is -2.34. The van der Waals surface area contributed by atoms with Crippen molar-refractivity contribution < 1.29 is 14.3 Å². The number of rotatable bonds is 6. The Kier molecular flexibility index (Phi) is 6.14. The lowest BCUT2D eigenvalue weighted by Gasteiger charge is -2.41. The molecule has 0 radical (unpaired) electrons. The van der Waals surface area contributed by atoms with E-state index in [4.69, 9.17) is 16.3 Å². The number of ether oxygens (including phenoxy) is 1. The number of aromatic amines is 1. The van der Waals surface area contributed by atoms with Crippen molar-refractivity contribution in [2.45, 2.75) is 24.9 Å². The van der Waals surface area contributed by atoms with Crippen LogP contribution in [0.15, 0.2) is 59.4 Å². The third-order valence-electron chi connectivity index (χ3n) is 6.15. The van der Waals surface area contributed by atoms with Crippen LogP contribution in [0.3, 0.4) is 0 Å². The first-order valence-electron chi connectivity index (χ1n) is 10.4. The van der Waals surface area contributed by atoms with E-state index < -0.39 is 6.10 Å². The first kappa shape index (κ1) is 20.9. The van der Waals surface area contributed by atoms with Crippen molar-refractivity contribution >= 4 is 22.5 Å². The van der Waals surface area contributed by atoms with Crippen molar-refractivity contribution in [2.24, 2.45) is 0 Å². The predicted octanol–water partition coefficient (Wildman–Crippen LogP) is 3.95. The minimum atomic E-state index is -0.553. The monoisotopic (exact) mass is 427 g/mol. The van der Waals surface area contributed by atoms with E-state index in [2.05, 4.69) is 24.2 Å². The lowest BCUT2D eigenvalue weighted by atomic mass is 9.88. The molecule has 1 atom stereocenters. The molecule has 1 unspecified atom stereocenters. The maximum absolute atomic E-state index is 11.5. The van der Waals surface area contributed by atoms with Gasteiger partial charge in [0, 0.05) is 30.0 Å². The molecule has 0 saturated carbocycles. The molecule has 2 aromatic carbocycles. The summed E-state index contributed by atoms with van der Waals surface area (Å²) in [5, 5.41) is 12.3. The van der Waals surface area contributed by atoms with Gasteiger partial charge in [0.15, 0.2) is 0 Å². The van der Waals surface area contributed by atoms with Crippen molar-refractivity contribution in [3.63, 3.8) is 0 Å². The van der Waals surface area contributed by atoms with Crippen LogP contribution in [0.2, 0.25) is 5.02 Å². The van der Waals surface area contributed by atoms with Crippen molar-refractivity contribution in [3.05, 3.63) is 75.5 Å². The van der Waals surface area contributed by atoms with Crippen LogP contribution < -0.4 is 10.3 Å². The number of hydrogen-bond donors (Lipinski definition) is 2. The molecule has 0 amide bonds. The number of aliphatic hydroxyl groups excluding tert-OH is 1. The minimum Gasteiger partial charge on any atom is -0.491 e. The quantitative estimate of drug-likeness (QED) is 0.585. The Labute approximate surface area is 181 Å². The highest BCUT2D eigenvalue weighted by Crippen LogP contribution is 2.32. The zero-order valence-electron chi connectivity index (χ0n) is 17.2.